The lowest BCUT2D eigenvalue weighted by Gasteiger charge is -2.07. The first-order valence-electron chi connectivity index (χ1n) is 11.2. The second-order valence-corrected chi connectivity index (χ2v) is 9.34. The van der Waals surface area contributed by atoms with E-state index in [0.29, 0.717) is 10.3 Å². The van der Waals surface area contributed by atoms with Crippen LogP contribution in [0.1, 0.15) is 11.1 Å². The molecule has 0 saturated heterocycles. The van der Waals surface area contributed by atoms with Crippen molar-refractivity contribution in [3.05, 3.63) is 132 Å². The van der Waals surface area contributed by atoms with Crippen molar-refractivity contribution in [3.63, 3.8) is 0 Å². The van der Waals surface area contributed by atoms with Crippen LogP contribution in [0.4, 0.5) is 11.4 Å². The first-order chi connectivity index (χ1) is 17.8. The number of nitrogens with one attached hydrogen (secondary N) is 2. The van der Waals surface area contributed by atoms with Gasteiger partial charge in [0.15, 0.2) is 10.3 Å². The molecule has 0 aliphatic carbocycles. The lowest BCUT2D eigenvalue weighted by Crippen LogP contribution is -2.16. The number of nitrogens with zero attached hydrogens (tertiary/aromatic N) is 4. The maximum Gasteiger partial charge on any atom is 0.193 e. The number of hydrogen-bond acceptors (Lipinski definition) is 6. The summed E-state index contributed by atoms with van der Waals surface area (Å²) >= 11 is 0. The van der Waals surface area contributed by atoms with Gasteiger partial charge >= 0.3 is 0 Å². The molecule has 0 bridgehead atoms. The summed E-state index contributed by atoms with van der Waals surface area (Å²) in [5.41, 5.74) is 9.74. The summed E-state index contributed by atoms with van der Waals surface area (Å²) < 4.78 is 0. The zero-order valence-electron chi connectivity index (χ0n) is 19.3. The third-order valence-corrected chi connectivity index (χ3v) is 6.48. The van der Waals surface area contributed by atoms with Crippen molar-refractivity contribution < 1.29 is 0 Å². The van der Waals surface area contributed by atoms with E-state index >= 15 is 0 Å². The molecule has 0 aliphatic rings. The van der Waals surface area contributed by atoms with Crippen LogP contribution in [0.3, 0.4) is 0 Å². The summed E-state index contributed by atoms with van der Waals surface area (Å²) in [5, 5.41) is 9.95. The fourth-order valence-electron chi connectivity index (χ4n) is 2.85. The number of aliphatic imine (C=N–C) groups is 2. The Balaban J connectivity index is 1.50. The molecule has 0 aliphatic heterocycles. The van der Waals surface area contributed by atoms with Crippen molar-refractivity contribution in [2.75, 3.05) is 0 Å². The van der Waals surface area contributed by atoms with Crippen molar-refractivity contribution in [1.82, 2.24) is 10.9 Å². The molecular formula is C28H24N6S2. The van der Waals surface area contributed by atoms with Crippen LogP contribution in [0.5, 0.6) is 0 Å². The summed E-state index contributed by atoms with van der Waals surface area (Å²) in [6.07, 6.45) is 3.51. The zero-order valence-corrected chi connectivity index (χ0v) is 20.9. The van der Waals surface area contributed by atoms with Crippen molar-refractivity contribution in [2.24, 2.45) is 20.2 Å². The fourth-order valence-corrected chi connectivity index (χ4v) is 4.39. The third kappa shape index (κ3) is 8.90. The highest BCUT2D eigenvalue weighted by Crippen LogP contribution is 2.27. The van der Waals surface area contributed by atoms with Crippen molar-refractivity contribution in [3.8, 4) is 0 Å². The molecule has 8 heteroatoms. The van der Waals surface area contributed by atoms with Gasteiger partial charge in [0, 0.05) is 0 Å². The SMILES string of the molecule is C(=N/NC(=Nc1ccccc1)SSC(=Nc1ccccc1)N/N=C/c1ccccc1)/c1ccccc1. The number of benzene rings is 4. The van der Waals surface area contributed by atoms with Crippen LogP contribution >= 0.6 is 21.6 Å². The Morgan fingerprint density at radius 2 is 0.806 bits per heavy atom. The van der Waals surface area contributed by atoms with Gasteiger partial charge in [-0.05, 0) is 57.0 Å². The van der Waals surface area contributed by atoms with Crippen LogP contribution in [0.2, 0.25) is 0 Å². The molecule has 0 aromatic heterocycles. The van der Waals surface area contributed by atoms with Crippen LogP contribution in [0.25, 0.3) is 0 Å². The smallest absolute Gasteiger partial charge is 0.193 e. The molecule has 0 amide bonds. The lowest BCUT2D eigenvalue weighted by molar-refractivity contribution is 1.05. The summed E-state index contributed by atoms with van der Waals surface area (Å²) in [7, 11) is 2.80. The minimum atomic E-state index is 0.605. The third-order valence-electron chi connectivity index (χ3n) is 4.52. The van der Waals surface area contributed by atoms with Gasteiger partial charge in [-0.25, -0.2) is 9.98 Å². The Labute approximate surface area is 218 Å². The number of rotatable bonds is 6. The van der Waals surface area contributed by atoms with E-state index in [9.17, 15) is 0 Å². The predicted octanol–water partition coefficient (Wildman–Crippen LogP) is 6.99. The summed E-state index contributed by atoms with van der Waals surface area (Å²) in [4.78, 5) is 9.42. The van der Waals surface area contributed by atoms with E-state index < -0.39 is 0 Å². The molecule has 0 saturated carbocycles. The first-order valence-corrected chi connectivity index (χ1v) is 13.3. The largest absolute Gasteiger partial charge is 0.255 e. The maximum atomic E-state index is 4.71. The molecule has 6 nitrogen and oxygen atoms in total. The van der Waals surface area contributed by atoms with Crippen LogP contribution in [-0.4, -0.2) is 22.8 Å². The van der Waals surface area contributed by atoms with Crippen molar-refractivity contribution in [2.45, 2.75) is 0 Å². The zero-order chi connectivity index (χ0) is 24.7. The van der Waals surface area contributed by atoms with Crippen LogP contribution in [-0.2, 0) is 0 Å². The quantitative estimate of drug-likeness (QED) is 0.127. The highest BCUT2D eigenvalue weighted by molar-refractivity contribution is 8.87. The van der Waals surface area contributed by atoms with Gasteiger partial charge in [0.2, 0.25) is 0 Å². The molecule has 0 unspecified atom stereocenters. The molecule has 0 fully saturated rings. The summed E-state index contributed by atoms with van der Waals surface area (Å²) in [5.74, 6) is 0. The first kappa shape index (κ1) is 25.0. The average Bonchev–Trinajstić information content (AvgIpc) is 2.94. The molecule has 4 aromatic carbocycles. The van der Waals surface area contributed by atoms with Gasteiger partial charge in [-0.1, -0.05) is 97.1 Å². The minimum Gasteiger partial charge on any atom is -0.255 e. The molecule has 0 radical (unpaired) electrons. The molecular weight excluding hydrogens is 484 g/mol. The normalized spacial score (nSPS) is 12.2. The number of hydrogen-bond donors (Lipinski definition) is 2. The van der Waals surface area contributed by atoms with Gasteiger partial charge in [0.05, 0.1) is 23.8 Å². The second-order valence-electron chi connectivity index (χ2n) is 7.23. The van der Waals surface area contributed by atoms with Gasteiger partial charge in [0.1, 0.15) is 0 Å². The Morgan fingerprint density at radius 3 is 1.17 bits per heavy atom. The fraction of sp³-hybridized carbons (Fsp3) is 0. The monoisotopic (exact) mass is 508 g/mol. The molecule has 2 N–H and O–H groups in total. The Morgan fingerprint density at radius 1 is 0.472 bits per heavy atom. The summed E-state index contributed by atoms with van der Waals surface area (Å²) in [6.45, 7) is 0. The highest BCUT2D eigenvalue weighted by atomic mass is 33.1. The van der Waals surface area contributed by atoms with E-state index in [1.165, 1.54) is 21.6 Å². The molecule has 0 spiro atoms. The van der Waals surface area contributed by atoms with E-state index in [2.05, 4.69) is 21.1 Å². The number of amidine groups is 2. The lowest BCUT2D eigenvalue weighted by atomic mass is 10.2. The molecule has 4 aromatic rings. The topological polar surface area (TPSA) is 73.5 Å². The van der Waals surface area contributed by atoms with E-state index in [0.717, 1.165) is 22.5 Å². The maximum absolute atomic E-state index is 4.71. The van der Waals surface area contributed by atoms with Crippen LogP contribution < -0.4 is 10.9 Å². The highest BCUT2D eigenvalue weighted by Gasteiger charge is 2.07. The number of para-hydroxylation sites is 2. The molecule has 178 valence electrons. The van der Waals surface area contributed by atoms with Gasteiger partial charge in [-0.2, -0.15) is 10.2 Å². The Hall–Kier alpha value is -4.14. The molecule has 4 rings (SSSR count). The Kier molecular flexibility index (Phi) is 9.92. The van der Waals surface area contributed by atoms with E-state index in [1.54, 1.807) is 12.4 Å². The van der Waals surface area contributed by atoms with Crippen molar-refractivity contribution in [1.29, 1.82) is 0 Å². The molecule has 36 heavy (non-hydrogen) atoms. The van der Waals surface area contributed by atoms with E-state index in [-0.39, 0.29) is 0 Å². The van der Waals surface area contributed by atoms with Gasteiger partial charge < -0.3 is 0 Å². The van der Waals surface area contributed by atoms with E-state index in [4.69, 9.17) is 9.98 Å². The number of hydrazone groups is 2. The Bertz CT molecular complexity index is 1200. The van der Waals surface area contributed by atoms with Gasteiger partial charge in [0.25, 0.3) is 0 Å². The minimum absolute atomic E-state index is 0.605. The molecule has 0 heterocycles. The van der Waals surface area contributed by atoms with E-state index in [1.807, 2.05) is 121 Å². The van der Waals surface area contributed by atoms with Gasteiger partial charge in [-0.15, -0.1) is 0 Å². The van der Waals surface area contributed by atoms with Crippen LogP contribution in [0, 0.1) is 0 Å². The van der Waals surface area contributed by atoms with Crippen molar-refractivity contribution >= 4 is 55.7 Å². The molecule has 0 atom stereocenters. The second kappa shape index (κ2) is 14.3. The van der Waals surface area contributed by atoms with Crippen LogP contribution in [0.15, 0.2) is 142 Å². The predicted molar refractivity (Wildman–Crippen MR) is 157 cm³/mol. The standard InChI is InChI=1S/C28H24N6S2/c1-5-13-23(14-6-1)21-29-33-27(31-25-17-9-3-10-18-25)35-36-28(32-26-19-11-4-12-20-26)34-30-22-24-15-7-2-8-16-24/h1-22H,(H,31,33)(H,32,34)/b29-21-,30-22+. The van der Waals surface area contributed by atoms with Gasteiger partial charge in [-0.3, -0.25) is 10.9 Å². The summed E-state index contributed by atoms with van der Waals surface area (Å²) in [6, 6.07) is 39.2. The average molecular weight is 509 g/mol.